The van der Waals surface area contributed by atoms with Crippen LogP contribution in [0.3, 0.4) is 0 Å². The SMILES string of the molecule is CC1(C)OB(C(=Cc2ccc3c(c2)C(=O)OC3)CO)OC1(C)C. The highest BCUT2D eigenvalue weighted by molar-refractivity contribution is 6.55. The molecule has 0 unspecified atom stereocenters. The molecule has 0 saturated carbocycles. The predicted molar refractivity (Wildman–Crippen MR) is 86.7 cm³/mol. The first kappa shape index (κ1) is 16.2. The minimum atomic E-state index is -0.606. The molecule has 2 aliphatic rings. The van der Waals surface area contributed by atoms with E-state index < -0.39 is 18.3 Å². The Hall–Kier alpha value is -1.63. The van der Waals surface area contributed by atoms with Gasteiger partial charge in [0.1, 0.15) is 6.61 Å². The van der Waals surface area contributed by atoms with E-state index in [2.05, 4.69) is 0 Å². The first-order valence-electron chi connectivity index (χ1n) is 7.70. The standard InChI is InChI=1S/C17H21BO5/c1-16(2)17(3,4)23-18(22-16)13(9-19)7-11-5-6-12-10-21-15(20)14(12)8-11/h5-8,19H,9-10H2,1-4H3. The third-order valence-corrected chi connectivity index (χ3v) is 4.80. The van der Waals surface area contributed by atoms with Gasteiger partial charge in [0, 0.05) is 5.56 Å². The van der Waals surface area contributed by atoms with Crippen LogP contribution in [0.25, 0.3) is 6.08 Å². The predicted octanol–water partition coefficient (Wildman–Crippen LogP) is 2.36. The molecular weight excluding hydrogens is 295 g/mol. The fourth-order valence-electron chi connectivity index (χ4n) is 2.62. The zero-order valence-corrected chi connectivity index (χ0v) is 13.9. The highest BCUT2D eigenvalue weighted by atomic mass is 16.7. The zero-order valence-electron chi connectivity index (χ0n) is 13.9. The van der Waals surface area contributed by atoms with Gasteiger partial charge in [-0.15, -0.1) is 0 Å². The molecule has 1 saturated heterocycles. The van der Waals surface area contributed by atoms with Gasteiger partial charge in [0.2, 0.25) is 0 Å². The van der Waals surface area contributed by atoms with Gasteiger partial charge in [-0.05, 0) is 44.8 Å². The molecule has 0 bridgehead atoms. The van der Waals surface area contributed by atoms with Crippen molar-refractivity contribution in [3.8, 4) is 0 Å². The molecule has 0 spiro atoms. The molecule has 3 rings (SSSR count). The maximum Gasteiger partial charge on any atom is 0.492 e. The fourth-order valence-corrected chi connectivity index (χ4v) is 2.62. The Morgan fingerprint density at radius 3 is 2.52 bits per heavy atom. The van der Waals surface area contributed by atoms with E-state index in [0.29, 0.717) is 17.6 Å². The molecule has 23 heavy (non-hydrogen) atoms. The first-order valence-corrected chi connectivity index (χ1v) is 7.70. The van der Waals surface area contributed by atoms with Crippen LogP contribution in [0.4, 0.5) is 0 Å². The lowest BCUT2D eigenvalue weighted by atomic mass is 9.77. The maximum atomic E-state index is 11.7. The van der Waals surface area contributed by atoms with Gasteiger partial charge < -0.3 is 19.2 Å². The summed E-state index contributed by atoms with van der Waals surface area (Å²) in [6.07, 6.45) is 1.80. The zero-order chi connectivity index (χ0) is 16.8. The van der Waals surface area contributed by atoms with Crippen LogP contribution in [0.1, 0.15) is 49.2 Å². The van der Waals surface area contributed by atoms with Crippen LogP contribution in [0, 0.1) is 0 Å². The van der Waals surface area contributed by atoms with Crippen molar-refractivity contribution >= 4 is 19.2 Å². The van der Waals surface area contributed by atoms with Crippen molar-refractivity contribution in [3.63, 3.8) is 0 Å². The van der Waals surface area contributed by atoms with Crippen LogP contribution < -0.4 is 0 Å². The van der Waals surface area contributed by atoms with Gasteiger partial charge in [-0.2, -0.15) is 0 Å². The van der Waals surface area contributed by atoms with E-state index in [4.69, 9.17) is 14.0 Å². The second kappa shape index (κ2) is 5.48. The summed E-state index contributed by atoms with van der Waals surface area (Å²) in [5.74, 6) is -0.309. The van der Waals surface area contributed by atoms with Crippen molar-refractivity contribution in [1.82, 2.24) is 0 Å². The molecule has 0 aliphatic carbocycles. The summed E-state index contributed by atoms with van der Waals surface area (Å²) < 4.78 is 16.9. The highest BCUT2D eigenvalue weighted by Gasteiger charge is 2.52. The van der Waals surface area contributed by atoms with Crippen molar-refractivity contribution in [2.45, 2.75) is 45.5 Å². The quantitative estimate of drug-likeness (QED) is 0.685. The van der Waals surface area contributed by atoms with Gasteiger partial charge >= 0.3 is 13.1 Å². The molecule has 1 N–H and O–H groups in total. The minimum absolute atomic E-state index is 0.182. The van der Waals surface area contributed by atoms with Crippen molar-refractivity contribution in [2.24, 2.45) is 0 Å². The van der Waals surface area contributed by atoms with E-state index in [9.17, 15) is 9.90 Å². The molecule has 1 aromatic rings. The van der Waals surface area contributed by atoms with Gasteiger partial charge in [0.05, 0.1) is 23.4 Å². The summed E-state index contributed by atoms with van der Waals surface area (Å²) in [7, 11) is -0.606. The summed E-state index contributed by atoms with van der Waals surface area (Å²) in [4.78, 5) is 11.7. The number of fused-ring (bicyclic) bond motifs is 1. The molecule has 0 amide bonds. The Kier molecular flexibility index (Phi) is 3.87. The van der Waals surface area contributed by atoms with E-state index in [0.717, 1.165) is 11.1 Å². The lowest BCUT2D eigenvalue weighted by molar-refractivity contribution is 0.00578. The number of carbonyl (C=O) groups excluding carboxylic acids is 1. The number of aliphatic hydroxyl groups is 1. The molecule has 0 atom stereocenters. The van der Waals surface area contributed by atoms with Gasteiger partial charge in [-0.25, -0.2) is 4.79 Å². The van der Waals surface area contributed by atoms with E-state index in [1.807, 2.05) is 39.8 Å². The van der Waals surface area contributed by atoms with Gasteiger partial charge in [-0.1, -0.05) is 18.2 Å². The Morgan fingerprint density at radius 2 is 1.91 bits per heavy atom. The number of esters is 1. The second-order valence-corrected chi connectivity index (χ2v) is 6.96. The Labute approximate surface area is 136 Å². The summed E-state index contributed by atoms with van der Waals surface area (Å²) in [6.45, 7) is 8.00. The Balaban J connectivity index is 1.89. The number of ether oxygens (including phenoxy) is 1. The summed E-state index contributed by atoms with van der Waals surface area (Å²) in [5.41, 5.74) is 1.95. The normalized spacial score (nSPS) is 22.2. The molecule has 5 nitrogen and oxygen atoms in total. The molecule has 6 heteroatoms. The molecule has 1 aromatic carbocycles. The number of hydrogen-bond donors (Lipinski definition) is 1. The third-order valence-electron chi connectivity index (χ3n) is 4.80. The molecule has 1 fully saturated rings. The van der Waals surface area contributed by atoms with Crippen LogP contribution in [0.2, 0.25) is 0 Å². The molecular formula is C17H21BO5. The monoisotopic (exact) mass is 316 g/mol. The molecule has 0 aromatic heterocycles. The minimum Gasteiger partial charge on any atom is -0.457 e. The summed E-state index contributed by atoms with van der Waals surface area (Å²) >= 11 is 0. The largest absolute Gasteiger partial charge is 0.492 e. The number of benzene rings is 1. The molecule has 122 valence electrons. The average molecular weight is 316 g/mol. The van der Waals surface area contributed by atoms with Crippen molar-refractivity contribution in [2.75, 3.05) is 6.61 Å². The van der Waals surface area contributed by atoms with E-state index >= 15 is 0 Å². The second-order valence-electron chi connectivity index (χ2n) is 6.96. The highest BCUT2D eigenvalue weighted by Crippen LogP contribution is 2.38. The van der Waals surface area contributed by atoms with Crippen LogP contribution >= 0.6 is 0 Å². The number of cyclic esters (lactones) is 1. The molecule has 0 radical (unpaired) electrons. The summed E-state index contributed by atoms with van der Waals surface area (Å²) in [5, 5.41) is 9.71. The average Bonchev–Trinajstić information content (AvgIpc) is 2.94. The first-order chi connectivity index (χ1) is 10.7. The van der Waals surface area contributed by atoms with Crippen LogP contribution in [-0.4, -0.2) is 36.0 Å². The number of rotatable bonds is 3. The van der Waals surface area contributed by atoms with Crippen molar-refractivity contribution < 1.29 is 23.9 Å². The van der Waals surface area contributed by atoms with Crippen molar-refractivity contribution in [3.05, 3.63) is 40.4 Å². The van der Waals surface area contributed by atoms with Gasteiger partial charge in [0.15, 0.2) is 0 Å². The van der Waals surface area contributed by atoms with Gasteiger partial charge in [-0.3, -0.25) is 0 Å². The fraction of sp³-hybridized carbons (Fsp3) is 0.471. The maximum absolute atomic E-state index is 11.7. The van der Waals surface area contributed by atoms with Crippen molar-refractivity contribution in [1.29, 1.82) is 0 Å². The van der Waals surface area contributed by atoms with E-state index in [1.54, 1.807) is 12.1 Å². The lowest BCUT2D eigenvalue weighted by Gasteiger charge is -2.32. The molecule has 2 heterocycles. The van der Waals surface area contributed by atoms with Crippen LogP contribution in [0.15, 0.2) is 23.7 Å². The van der Waals surface area contributed by atoms with Crippen LogP contribution in [0.5, 0.6) is 0 Å². The topological polar surface area (TPSA) is 65.0 Å². The van der Waals surface area contributed by atoms with Crippen LogP contribution in [-0.2, 0) is 20.7 Å². The number of carbonyl (C=O) groups is 1. The Bertz CT molecular complexity index is 662. The van der Waals surface area contributed by atoms with E-state index in [-0.39, 0.29) is 12.6 Å². The summed E-state index contributed by atoms with van der Waals surface area (Å²) in [6, 6.07) is 5.53. The number of hydrogen-bond acceptors (Lipinski definition) is 5. The number of aliphatic hydroxyl groups excluding tert-OH is 1. The smallest absolute Gasteiger partial charge is 0.457 e. The lowest BCUT2D eigenvalue weighted by Crippen LogP contribution is -2.41. The van der Waals surface area contributed by atoms with E-state index in [1.165, 1.54) is 0 Å². The molecule has 2 aliphatic heterocycles. The van der Waals surface area contributed by atoms with Gasteiger partial charge in [0.25, 0.3) is 0 Å². The Morgan fingerprint density at radius 1 is 1.26 bits per heavy atom. The third kappa shape index (κ3) is 2.82.